The summed E-state index contributed by atoms with van der Waals surface area (Å²) < 4.78 is 0. The molecule has 1 heterocycles. The Labute approximate surface area is 99.8 Å². The quantitative estimate of drug-likeness (QED) is 0.672. The molecule has 0 bridgehead atoms. The summed E-state index contributed by atoms with van der Waals surface area (Å²) in [5.74, 6) is 0. The first-order valence-corrected chi connectivity index (χ1v) is 6.70. The van der Waals surface area contributed by atoms with Crippen molar-refractivity contribution in [1.82, 2.24) is 10.2 Å². The largest absolute Gasteiger partial charge is 0.315 e. The van der Waals surface area contributed by atoms with Crippen LogP contribution in [0.25, 0.3) is 0 Å². The minimum Gasteiger partial charge on any atom is -0.315 e. The second kappa shape index (κ2) is 8.55. The molecule has 1 fully saturated rings. The maximum atomic E-state index is 8.50. The van der Waals surface area contributed by atoms with Gasteiger partial charge in [0.25, 0.3) is 0 Å². The Hall–Kier alpha value is -0.590. The van der Waals surface area contributed by atoms with Crippen LogP contribution in [0.15, 0.2) is 0 Å². The van der Waals surface area contributed by atoms with Crippen LogP contribution < -0.4 is 5.32 Å². The molecule has 1 saturated heterocycles. The highest BCUT2D eigenvalue weighted by Gasteiger charge is 2.20. The minimum absolute atomic E-state index is 0.714. The van der Waals surface area contributed by atoms with Gasteiger partial charge in [-0.25, -0.2) is 0 Å². The number of nitriles is 1. The van der Waals surface area contributed by atoms with E-state index in [9.17, 15) is 0 Å². The predicted octanol–water partition coefficient (Wildman–Crippen LogP) is 2.14. The van der Waals surface area contributed by atoms with Crippen molar-refractivity contribution in [3.63, 3.8) is 0 Å². The van der Waals surface area contributed by atoms with Crippen LogP contribution in [0.1, 0.15) is 45.4 Å². The summed E-state index contributed by atoms with van der Waals surface area (Å²) in [6.45, 7) is 6.80. The highest BCUT2D eigenvalue weighted by Crippen LogP contribution is 2.17. The molecule has 1 aliphatic heterocycles. The summed E-state index contributed by atoms with van der Waals surface area (Å²) in [5.41, 5.74) is 0. The van der Waals surface area contributed by atoms with E-state index < -0.39 is 0 Å². The molecular formula is C13H25N3. The highest BCUT2D eigenvalue weighted by molar-refractivity contribution is 4.79. The Morgan fingerprint density at radius 2 is 2.25 bits per heavy atom. The fourth-order valence-electron chi connectivity index (χ4n) is 2.42. The molecule has 1 atom stereocenters. The van der Waals surface area contributed by atoms with E-state index in [1.165, 1.54) is 38.8 Å². The molecule has 0 aromatic carbocycles. The minimum atomic E-state index is 0.714. The maximum Gasteiger partial charge on any atom is 0.0621 e. The molecule has 1 rings (SSSR count). The fraction of sp³-hybridized carbons (Fsp3) is 0.923. The predicted molar refractivity (Wildman–Crippen MR) is 67.2 cm³/mol. The second-order valence-corrected chi connectivity index (χ2v) is 4.61. The lowest BCUT2D eigenvalue weighted by Crippen LogP contribution is -2.45. The van der Waals surface area contributed by atoms with Gasteiger partial charge in [0.05, 0.1) is 6.07 Å². The van der Waals surface area contributed by atoms with E-state index in [2.05, 4.69) is 23.2 Å². The molecule has 3 heteroatoms. The van der Waals surface area contributed by atoms with Crippen LogP contribution in [0.5, 0.6) is 0 Å². The van der Waals surface area contributed by atoms with Crippen molar-refractivity contribution in [3.8, 4) is 6.07 Å². The molecule has 1 N–H and O–H groups in total. The zero-order valence-electron chi connectivity index (χ0n) is 10.5. The Morgan fingerprint density at radius 3 is 3.00 bits per heavy atom. The number of unbranched alkanes of at least 4 members (excludes halogenated alkanes) is 2. The topological polar surface area (TPSA) is 39.1 Å². The van der Waals surface area contributed by atoms with E-state index in [-0.39, 0.29) is 0 Å². The molecule has 0 radical (unpaired) electrons. The molecule has 0 aromatic rings. The number of likely N-dealkylation sites (tertiary alicyclic amines) is 1. The van der Waals surface area contributed by atoms with Crippen LogP contribution in [0.4, 0.5) is 0 Å². The van der Waals surface area contributed by atoms with E-state index in [1.54, 1.807) is 0 Å². The highest BCUT2D eigenvalue weighted by atomic mass is 15.2. The second-order valence-electron chi connectivity index (χ2n) is 4.61. The van der Waals surface area contributed by atoms with Crippen LogP contribution in [0, 0.1) is 11.3 Å². The number of hydrogen-bond donors (Lipinski definition) is 1. The van der Waals surface area contributed by atoms with Gasteiger partial charge < -0.3 is 5.32 Å². The summed E-state index contributed by atoms with van der Waals surface area (Å²) >= 11 is 0. The summed E-state index contributed by atoms with van der Waals surface area (Å²) in [5, 5.41) is 12.0. The third-order valence-electron chi connectivity index (χ3n) is 3.36. The van der Waals surface area contributed by atoms with Crippen molar-refractivity contribution in [2.75, 3.05) is 26.2 Å². The number of nitrogens with zero attached hydrogens (tertiary/aromatic N) is 2. The lowest BCUT2D eigenvalue weighted by atomic mass is 10.0. The van der Waals surface area contributed by atoms with Gasteiger partial charge >= 0.3 is 0 Å². The number of hydrogen-bond acceptors (Lipinski definition) is 3. The lowest BCUT2D eigenvalue weighted by molar-refractivity contribution is 0.143. The Bertz CT molecular complexity index is 210. The summed E-state index contributed by atoms with van der Waals surface area (Å²) in [6.07, 6.45) is 7.01. The Balaban J connectivity index is 2.21. The van der Waals surface area contributed by atoms with E-state index in [4.69, 9.17) is 5.26 Å². The number of likely N-dealkylation sites (N-methyl/N-ethyl adjacent to an activating group) is 1. The van der Waals surface area contributed by atoms with Crippen molar-refractivity contribution in [2.24, 2.45) is 0 Å². The van der Waals surface area contributed by atoms with Crippen LogP contribution in [0.3, 0.4) is 0 Å². The van der Waals surface area contributed by atoms with E-state index in [0.29, 0.717) is 6.42 Å². The molecule has 92 valence electrons. The van der Waals surface area contributed by atoms with Crippen LogP contribution in [-0.2, 0) is 0 Å². The molecular weight excluding hydrogens is 198 g/mol. The van der Waals surface area contributed by atoms with E-state index in [0.717, 1.165) is 25.6 Å². The maximum absolute atomic E-state index is 8.50. The first kappa shape index (κ1) is 13.5. The third-order valence-corrected chi connectivity index (χ3v) is 3.36. The molecule has 0 aromatic heterocycles. The van der Waals surface area contributed by atoms with E-state index >= 15 is 0 Å². The van der Waals surface area contributed by atoms with Crippen LogP contribution in [0.2, 0.25) is 0 Å². The van der Waals surface area contributed by atoms with Gasteiger partial charge in [-0.1, -0.05) is 13.3 Å². The average Bonchev–Trinajstić information content (AvgIpc) is 2.33. The lowest BCUT2D eigenvalue weighted by Gasteiger charge is -2.35. The van der Waals surface area contributed by atoms with Gasteiger partial charge in [0.2, 0.25) is 0 Å². The normalized spacial score (nSPS) is 21.9. The van der Waals surface area contributed by atoms with Gasteiger partial charge in [-0.15, -0.1) is 0 Å². The van der Waals surface area contributed by atoms with Gasteiger partial charge in [0.15, 0.2) is 0 Å². The van der Waals surface area contributed by atoms with Crippen molar-refractivity contribution in [1.29, 1.82) is 5.26 Å². The molecule has 3 nitrogen and oxygen atoms in total. The van der Waals surface area contributed by atoms with Gasteiger partial charge in [-0.3, -0.25) is 4.90 Å². The molecule has 0 aliphatic carbocycles. The zero-order chi connectivity index (χ0) is 11.6. The van der Waals surface area contributed by atoms with Crippen LogP contribution >= 0.6 is 0 Å². The smallest absolute Gasteiger partial charge is 0.0621 e. The molecule has 0 amide bonds. The Kier molecular flexibility index (Phi) is 7.20. The van der Waals surface area contributed by atoms with Gasteiger partial charge in [0, 0.05) is 19.0 Å². The SMILES string of the molecule is CCNCC1CCCCN1CCCCC#N. The standard InChI is InChI=1S/C13H25N3/c1-2-15-12-13-8-4-7-11-16(13)10-6-3-5-9-14/h13,15H,2-8,10-12H2,1H3. The molecule has 1 aliphatic rings. The summed E-state index contributed by atoms with van der Waals surface area (Å²) in [4.78, 5) is 2.61. The van der Waals surface area contributed by atoms with Crippen molar-refractivity contribution < 1.29 is 0 Å². The zero-order valence-corrected chi connectivity index (χ0v) is 10.5. The van der Waals surface area contributed by atoms with Gasteiger partial charge in [0.1, 0.15) is 0 Å². The summed E-state index contributed by atoms with van der Waals surface area (Å²) in [6, 6.07) is 2.95. The van der Waals surface area contributed by atoms with Crippen molar-refractivity contribution in [2.45, 2.75) is 51.5 Å². The first-order valence-electron chi connectivity index (χ1n) is 6.70. The average molecular weight is 223 g/mol. The first-order chi connectivity index (χ1) is 7.88. The molecule has 16 heavy (non-hydrogen) atoms. The fourth-order valence-corrected chi connectivity index (χ4v) is 2.42. The van der Waals surface area contributed by atoms with Crippen LogP contribution in [-0.4, -0.2) is 37.1 Å². The molecule has 0 saturated carbocycles. The number of piperidine rings is 1. The van der Waals surface area contributed by atoms with Crippen molar-refractivity contribution >= 4 is 0 Å². The molecule has 0 spiro atoms. The summed E-state index contributed by atoms with van der Waals surface area (Å²) in [7, 11) is 0. The third kappa shape index (κ3) is 4.96. The number of rotatable bonds is 7. The Morgan fingerprint density at radius 1 is 1.38 bits per heavy atom. The van der Waals surface area contributed by atoms with Gasteiger partial charge in [-0.2, -0.15) is 5.26 Å². The molecule has 1 unspecified atom stereocenters. The van der Waals surface area contributed by atoms with Gasteiger partial charge in [-0.05, 0) is 45.3 Å². The van der Waals surface area contributed by atoms with E-state index in [1.807, 2.05) is 0 Å². The number of nitrogens with one attached hydrogen (secondary N) is 1. The monoisotopic (exact) mass is 223 g/mol. The van der Waals surface area contributed by atoms with Crippen molar-refractivity contribution in [3.05, 3.63) is 0 Å².